The van der Waals surface area contributed by atoms with E-state index < -0.39 is 42.6 Å². The minimum atomic E-state index is -6.63. The molecule has 0 N–H and O–H groups in total. The van der Waals surface area contributed by atoms with Crippen LogP contribution in [0.15, 0.2) is 12.1 Å². The van der Waals surface area contributed by atoms with E-state index in [2.05, 4.69) is 4.74 Å². The van der Waals surface area contributed by atoms with Crippen molar-refractivity contribution in [1.29, 1.82) is 0 Å². The van der Waals surface area contributed by atoms with Gasteiger partial charge < -0.3 is 4.74 Å². The van der Waals surface area contributed by atoms with Gasteiger partial charge in [-0.1, -0.05) is 0 Å². The predicted molar refractivity (Wildman–Crippen MR) is 38.4 cm³/mol. The molecule has 0 spiro atoms. The molecule has 0 aliphatic rings. The number of hydrogen-bond donors (Lipinski definition) is 0. The van der Waals surface area contributed by atoms with Gasteiger partial charge in [-0.05, 0) is 0 Å². The zero-order chi connectivity index (χ0) is 17.3. The molecule has 0 heterocycles. The van der Waals surface area contributed by atoms with Gasteiger partial charge in [-0.15, -0.1) is 0 Å². The van der Waals surface area contributed by atoms with Crippen molar-refractivity contribution in [2.45, 2.75) is 24.2 Å². The number of rotatable bonds is 6. The largest absolute Gasteiger partial charge is 0.495 e. The first-order valence-corrected chi connectivity index (χ1v) is 4.17. The highest BCUT2D eigenvalue weighted by atomic mass is 19.4. The fraction of sp³-hybridized carbons (Fsp3) is 0.571. The van der Waals surface area contributed by atoms with Crippen LogP contribution < -0.4 is 0 Å². The van der Waals surface area contributed by atoms with Crippen molar-refractivity contribution in [2.24, 2.45) is 0 Å². The van der Waals surface area contributed by atoms with E-state index in [1.807, 2.05) is 4.74 Å². The topological polar surface area (TPSA) is 35.5 Å². The van der Waals surface area contributed by atoms with Crippen molar-refractivity contribution in [2.75, 3.05) is 0 Å². The lowest BCUT2D eigenvalue weighted by Gasteiger charge is -2.30. The highest BCUT2D eigenvalue weighted by molar-refractivity contribution is 5.61. The first-order chi connectivity index (χ1) is 9.09. The van der Waals surface area contributed by atoms with E-state index >= 15 is 0 Å². The summed E-state index contributed by atoms with van der Waals surface area (Å²) in [6, 6.07) is -3.58. The summed E-state index contributed by atoms with van der Waals surface area (Å²) < 4.78 is 137. The first-order valence-electron chi connectivity index (χ1n) is 4.17. The molecule has 124 valence electrons. The standard InChI is InChI=1S/C7HF11O3/c8-2(9)3(10)20-6(15,16)7(17,18)21-4(11,1-19)5(12,13)14/h1H. The van der Waals surface area contributed by atoms with E-state index in [0.717, 1.165) is 0 Å². The van der Waals surface area contributed by atoms with E-state index in [9.17, 15) is 53.1 Å². The van der Waals surface area contributed by atoms with Crippen LogP contribution in [0.2, 0.25) is 0 Å². The van der Waals surface area contributed by atoms with Crippen molar-refractivity contribution in [3.05, 3.63) is 12.1 Å². The number of alkyl halides is 8. The SMILES string of the molecule is O=CC(F)(OC(F)(F)C(F)(F)OC(F)=C(F)F)C(F)(F)F. The summed E-state index contributed by atoms with van der Waals surface area (Å²) in [5.41, 5.74) is 0. The lowest BCUT2D eigenvalue weighted by molar-refractivity contribution is -0.476. The lowest BCUT2D eigenvalue weighted by atomic mass is 10.3. The Balaban J connectivity index is 5.47. The van der Waals surface area contributed by atoms with Crippen LogP contribution in [-0.4, -0.2) is 30.5 Å². The molecule has 0 amide bonds. The molecule has 0 bridgehead atoms. The molecule has 0 saturated heterocycles. The van der Waals surface area contributed by atoms with Gasteiger partial charge in [-0.2, -0.15) is 48.3 Å². The number of carbonyl (C=O) groups excluding carboxylic acids is 1. The minimum Gasteiger partial charge on any atom is -0.396 e. The normalized spacial score (nSPS) is 16.1. The minimum absolute atomic E-state index is 1.95. The van der Waals surface area contributed by atoms with Crippen LogP contribution in [0.25, 0.3) is 0 Å². The molecule has 0 aromatic carbocycles. The van der Waals surface area contributed by atoms with E-state index in [1.54, 1.807) is 0 Å². The van der Waals surface area contributed by atoms with Crippen LogP contribution in [0.4, 0.5) is 48.3 Å². The molecule has 1 atom stereocenters. The smallest absolute Gasteiger partial charge is 0.396 e. The molecule has 14 heteroatoms. The number of carbonyl (C=O) groups is 1. The second kappa shape index (κ2) is 5.65. The van der Waals surface area contributed by atoms with E-state index in [4.69, 9.17) is 0 Å². The van der Waals surface area contributed by atoms with Crippen LogP contribution in [0.3, 0.4) is 0 Å². The Morgan fingerprint density at radius 2 is 1.24 bits per heavy atom. The number of hydrogen-bond acceptors (Lipinski definition) is 3. The third-order valence-corrected chi connectivity index (χ3v) is 1.52. The summed E-state index contributed by atoms with van der Waals surface area (Å²) in [6.45, 7) is 0. The number of aldehydes is 1. The Hall–Kier alpha value is -1.60. The molecular formula is C7HF11O3. The molecular weight excluding hydrogens is 341 g/mol. The van der Waals surface area contributed by atoms with Crippen LogP contribution in [-0.2, 0) is 14.3 Å². The van der Waals surface area contributed by atoms with Crippen molar-refractivity contribution in [3.8, 4) is 0 Å². The summed E-state index contributed by atoms with van der Waals surface area (Å²) in [4.78, 5) is 9.77. The molecule has 0 rings (SSSR count). The predicted octanol–water partition coefficient (Wildman–Crippen LogP) is 3.67. The molecule has 0 saturated carbocycles. The van der Waals surface area contributed by atoms with Gasteiger partial charge in [0.2, 0.25) is 0 Å². The Bertz CT molecular complexity index is 424. The monoisotopic (exact) mass is 342 g/mol. The van der Waals surface area contributed by atoms with E-state index in [0.29, 0.717) is 0 Å². The van der Waals surface area contributed by atoms with Gasteiger partial charge in [-0.3, -0.25) is 9.53 Å². The van der Waals surface area contributed by atoms with Gasteiger partial charge in [0.15, 0.2) is 6.29 Å². The van der Waals surface area contributed by atoms with E-state index in [-0.39, 0.29) is 0 Å². The highest BCUT2D eigenvalue weighted by Gasteiger charge is 2.71. The Labute approximate surface area is 106 Å². The lowest BCUT2D eigenvalue weighted by Crippen LogP contribution is -2.55. The maximum Gasteiger partial charge on any atom is 0.495 e. The molecule has 21 heavy (non-hydrogen) atoms. The third-order valence-electron chi connectivity index (χ3n) is 1.52. The van der Waals surface area contributed by atoms with Crippen LogP contribution in [0.1, 0.15) is 0 Å². The molecule has 0 aromatic heterocycles. The van der Waals surface area contributed by atoms with Gasteiger partial charge in [0.1, 0.15) is 0 Å². The van der Waals surface area contributed by atoms with E-state index in [1.165, 1.54) is 0 Å². The van der Waals surface area contributed by atoms with Crippen LogP contribution in [0, 0.1) is 0 Å². The fourth-order valence-electron chi connectivity index (χ4n) is 0.605. The van der Waals surface area contributed by atoms with Gasteiger partial charge in [0.05, 0.1) is 0 Å². The Morgan fingerprint density at radius 3 is 1.52 bits per heavy atom. The van der Waals surface area contributed by atoms with Gasteiger partial charge in [-0.25, -0.2) is 0 Å². The fourth-order valence-corrected chi connectivity index (χ4v) is 0.605. The highest BCUT2D eigenvalue weighted by Crippen LogP contribution is 2.45. The molecule has 0 fully saturated rings. The molecule has 0 aliphatic heterocycles. The quantitative estimate of drug-likeness (QED) is 0.420. The summed E-state index contributed by atoms with van der Waals surface area (Å²) >= 11 is 0. The van der Waals surface area contributed by atoms with Crippen molar-refractivity contribution < 1.29 is 62.6 Å². The van der Waals surface area contributed by atoms with Crippen molar-refractivity contribution in [3.63, 3.8) is 0 Å². The summed E-state index contributed by atoms with van der Waals surface area (Å²) in [6.07, 6.45) is -25.3. The summed E-state index contributed by atoms with van der Waals surface area (Å²) in [5, 5.41) is 0. The Morgan fingerprint density at radius 1 is 0.810 bits per heavy atom. The molecule has 3 nitrogen and oxygen atoms in total. The summed E-state index contributed by atoms with van der Waals surface area (Å²) in [5.74, 6) is -5.92. The number of halogens is 11. The maximum absolute atomic E-state index is 12.7. The van der Waals surface area contributed by atoms with Crippen LogP contribution in [0.5, 0.6) is 0 Å². The zero-order valence-corrected chi connectivity index (χ0v) is 8.96. The van der Waals surface area contributed by atoms with Gasteiger partial charge in [0.25, 0.3) is 0 Å². The molecule has 1 unspecified atom stereocenters. The second-order valence-corrected chi connectivity index (χ2v) is 3.03. The van der Waals surface area contributed by atoms with Crippen molar-refractivity contribution >= 4 is 6.29 Å². The van der Waals surface area contributed by atoms with Gasteiger partial charge in [0, 0.05) is 0 Å². The second-order valence-electron chi connectivity index (χ2n) is 3.03. The van der Waals surface area contributed by atoms with Crippen molar-refractivity contribution in [1.82, 2.24) is 0 Å². The molecule has 0 aromatic rings. The summed E-state index contributed by atoms with van der Waals surface area (Å²) in [7, 11) is 0. The maximum atomic E-state index is 12.7. The average Bonchev–Trinajstić information content (AvgIpc) is 2.25. The molecule has 0 radical (unpaired) electrons. The average molecular weight is 342 g/mol. The Kier molecular flexibility index (Phi) is 5.22. The number of ether oxygens (including phenoxy) is 2. The zero-order valence-electron chi connectivity index (χ0n) is 8.96. The van der Waals surface area contributed by atoms with Gasteiger partial charge >= 0.3 is 36.3 Å². The first kappa shape index (κ1) is 19.4. The van der Waals surface area contributed by atoms with Crippen LogP contribution >= 0.6 is 0 Å². The third kappa shape index (κ3) is 4.18. The molecule has 0 aliphatic carbocycles.